The van der Waals surface area contributed by atoms with E-state index in [-0.39, 0.29) is 17.3 Å². The first-order chi connectivity index (χ1) is 13.4. The third-order valence-electron chi connectivity index (χ3n) is 4.24. The largest absolute Gasteiger partial charge is 0.486 e. The predicted molar refractivity (Wildman–Crippen MR) is 100 cm³/mol. The Morgan fingerprint density at radius 2 is 1.79 bits per heavy atom. The highest BCUT2D eigenvalue weighted by atomic mass is 32.2. The smallest absolute Gasteiger partial charge is 0.243 e. The number of amides is 1. The molecule has 1 heterocycles. The molecule has 150 valence electrons. The van der Waals surface area contributed by atoms with Crippen molar-refractivity contribution in [3.8, 4) is 11.5 Å². The van der Waals surface area contributed by atoms with Crippen LogP contribution in [-0.2, 0) is 21.2 Å². The lowest BCUT2D eigenvalue weighted by molar-refractivity contribution is -0.121. The molecule has 0 spiro atoms. The molecule has 0 aliphatic carbocycles. The highest BCUT2D eigenvalue weighted by molar-refractivity contribution is 7.89. The minimum absolute atomic E-state index is 0.0263. The Morgan fingerprint density at radius 1 is 1.11 bits per heavy atom. The quantitative estimate of drug-likeness (QED) is 0.752. The summed E-state index contributed by atoms with van der Waals surface area (Å²) in [5.74, 6) is 0.111. The van der Waals surface area contributed by atoms with E-state index in [1.807, 2.05) is 0 Å². The van der Waals surface area contributed by atoms with Crippen LogP contribution in [0.2, 0.25) is 0 Å². The van der Waals surface area contributed by atoms with Crippen LogP contribution in [0.3, 0.4) is 0 Å². The molecule has 1 aliphatic rings. The fourth-order valence-electron chi connectivity index (χ4n) is 2.70. The minimum atomic E-state index is -3.85. The van der Waals surface area contributed by atoms with Gasteiger partial charge in [-0.3, -0.25) is 4.79 Å². The standard InChI is InChI=1S/C19H21FN2O5S/c1-22(13-19(23)21-9-8-14-2-4-15(20)5-3-14)28(24,25)16-6-7-17-18(12-16)27-11-10-26-17/h2-7,12H,8-11,13H2,1H3,(H,21,23). The van der Waals surface area contributed by atoms with Gasteiger partial charge in [0.1, 0.15) is 19.0 Å². The number of nitrogens with zero attached hydrogens (tertiary/aromatic N) is 1. The van der Waals surface area contributed by atoms with Crippen LogP contribution in [0.25, 0.3) is 0 Å². The van der Waals surface area contributed by atoms with Gasteiger partial charge < -0.3 is 14.8 Å². The van der Waals surface area contributed by atoms with E-state index >= 15 is 0 Å². The van der Waals surface area contributed by atoms with Crippen LogP contribution >= 0.6 is 0 Å². The number of hydrogen-bond donors (Lipinski definition) is 1. The first kappa shape index (κ1) is 20.1. The summed E-state index contributed by atoms with van der Waals surface area (Å²) >= 11 is 0. The van der Waals surface area contributed by atoms with E-state index in [1.165, 1.54) is 37.4 Å². The Balaban J connectivity index is 1.56. The normalized spacial score (nSPS) is 13.4. The van der Waals surface area contributed by atoms with Gasteiger partial charge in [-0.15, -0.1) is 0 Å². The number of ether oxygens (including phenoxy) is 2. The van der Waals surface area contributed by atoms with Gasteiger partial charge in [0.2, 0.25) is 15.9 Å². The van der Waals surface area contributed by atoms with E-state index in [0.29, 0.717) is 37.7 Å². The van der Waals surface area contributed by atoms with Crippen LogP contribution in [0, 0.1) is 5.82 Å². The fraction of sp³-hybridized carbons (Fsp3) is 0.316. The summed E-state index contributed by atoms with van der Waals surface area (Å²) in [5, 5.41) is 2.67. The molecule has 0 saturated heterocycles. The second-order valence-corrected chi connectivity index (χ2v) is 8.34. The highest BCUT2D eigenvalue weighted by Crippen LogP contribution is 2.32. The van der Waals surface area contributed by atoms with Gasteiger partial charge in [-0.2, -0.15) is 4.31 Å². The average Bonchev–Trinajstić information content (AvgIpc) is 2.69. The van der Waals surface area contributed by atoms with E-state index in [0.717, 1.165) is 9.87 Å². The number of benzene rings is 2. The summed E-state index contributed by atoms with van der Waals surface area (Å²) in [6.07, 6.45) is 0.518. The number of fused-ring (bicyclic) bond motifs is 1. The Labute approximate surface area is 163 Å². The van der Waals surface area contributed by atoms with Gasteiger partial charge in [0.05, 0.1) is 11.4 Å². The molecule has 3 rings (SSSR count). The van der Waals surface area contributed by atoms with Crippen molar-refractivity contribution in [3.05, 3.63) is 53.8 Å². The van der Waals surface area contributed by atoms with Crippen molar-refractivity contribution in [3.63, 3.8) is 0 Å². The molecule has 0 fully saturated rings. The fourth-order valence-corrected chi connectivity index (χ4v) is 3.85. The Morgan fingerprint density at radius 3 is 2.50 bits per heavy atom. The Bertz CT molecular complexity index is 947. The lowest BCUT2D eigenvalue weighted by Gasteiger charge is -2.21. The molecule has 28 heavy (non-hydrogen) atoms. The molecule has 0 unspecified atom stereocenters. The van der Waals surface area contributed by atoms with E-state index in [1.54, 1.807) is 12.1 Å². The lowest BCUT2D eigenvalue weighted by atomic mass is 10.1. The van der Waals surface area contributed by atoms with Crippen LogP contribution in [-0.4, -0.2) is 52.0 Å². The number of carbonyl (C=O) groups excluding carboxylic acids is 1. The number of likely N-dealkylation sites (N-methyl/N-ethyl adjacent to an activating group) is 1. The average molecular weight is 408 g/mol. The van der Waals surface area contributed by atoms with E-state index < -0.39 is 15.9 Å². The maximum absolute atomic E-state index is 12.9. The molecule has 1 N–H and O–H groups in total. The topological polar surface area (TPSA) is 84.9 Å². The summed E-state index contributed by atoms with van der Waals surface area (Å²) in [6, 6.07) is 10.3. The SMILES string of the molecule is CN(CC(=O)NCCc1ccc(F)cc1)S(=O)(=O)c1ccc2c(c1)OCCO2. The van der Waals surface area contributed by atoms with Gasteiger partial charge in [-0.25, -0.2) is 12.8 Å². The number of nitrogens with one attached hydrogen (secondary N) is 1. The highest BCUT2D eigenvalue weighted by Gasteiger charge is 2.25. The van der Waals surface area contributed by atoms with Crippen molar-refractivity contribution >= 4 is 15.9 Å². The van der Waals surface area contributed by atoms with E-state index in [2.05, 4.69) is 5.32 Å². The van der Waals surface area contributed by atoms with Crippen molar-refractivity contribution in [2.45, 2.75) is 11.3 Å². The third kappa shape index (κ3) is 4.79. The number of rotatable bonds is 7. The molecule has 2 aromatic rings. The molecule has 0 bridgehead atoms. The molecular weight excluding hydrogens is 387 g/mol. The van der Waals surface area contributed by atoms with Crippen LogP contribution in [0.4, 0.5) is 4.39 Å². The van der Waals surface area contributed by atoms with Crippen LogP contribution in [0.5, 0.6) is 11.5 Å². The van der Waals surface area contributed by atoms with Gasteiger partial charge in [0, 0.05) is 19.7 Å². The third-order valence-corrected chi connectivity index (χ3v) is 6.04. The second-order valence-electron chi connectivity index (χ2n) is 6.29. The molecule has 0 saturated carbocycles. The summed E-state index contributed by atoms with van der Waals surface area (Å²) < 4.78 is 50.0. The van der Waals surface area contributed by atoms with Gasteiger partial charge in [0.15, 0.2) is 11.5 Å². The van der Waals surface area contributed by atoms with E-state index in [9.17, 15) is 17.6 Å². The lowest BCUT2D eigenvalue weighted by Crippen LogP contribution is -2.39. The first-order valence-electron chi connectivity index (χ1n) is 8.73. The monoisotopic (exact) mass is 408 g/mol. The number of sulfonamides is 1. The molecular formula is C19H21FN2O5S. The molecule has 0 atom stereocenters. The van der Waals surface area contributed by atoms with Gasteiger partial charge in [0.25, 0.3) is 0 Å². The first-order valence-corrected chi connectivity index (χ1v) is 10.2. The molecule has 2 aromatic carbocycles. The molecule has 9 heteroatoms. The molecule has 0 aromatic heterocycles. The summed E-state index contributed by atoms with van der Waals surface area (Å²) in [4.78, 5) is 12.1. The van der Waals surface area contributed by atoms with Crippen molar-refractivity contribution in [1.29, 1.82) is 0 Å². The van der Waals surface area contributed by atoms with Gasteiger partial charge in [-0.1, -0.05) is 12.1 Å². The number of carbonyl (C=O) groups is 1. The summed E-state index contributed by atoms with van der Waals surface area (Å²) in [6.45, 7) is 0.766. The zero-order valence-corrected chi connectivity index (χ0v) is 16.2. The van der Waals surface area contributed by atoms with E-state index in [4.69, 9.17) is 9.47 Å². The predicted octanol–water partition coefficient (Wildman–Crippen LogP) is 1.58. The second kappa shape index (κ2) is 8.57. The maximum Gasteiger partial charge on any atom is 0.243 e. The Hall–Kier alpha value is -2.65. The maximum atomic E-state index is 12.9. The Kier molecular flexibility index (Phi) is 6.15. The molecule has 0 radical (unpaired) electrons. The van der Waals surface area contributed by atoms with Crippen molar-refractivity contribution < 1.29 is 27.1 Å². The van der Waals surface area contributed by atoms with Crippen LogP contribution in [0.15, 0.2) is 47.4 Å². The van der Waals surface area contributed by atoms with Crippen LogP contribution < -0.4 is 14.8 Å². The summed E-state index contributed by atoms with van der Waals surface area (Å²) in [7, 11) is -2.52. The van der Waals surface area contributed by atoms with Crippen LogP contribution in [0.1, 0.15) is 5.56 Å². The van der Waals surface area contributed by atoms with Crippen molar-refractivity contribution in [2.24, 2.45) is 0 Å². The van der Waals surface area contributed by atoms with Crippen molar-refractivity contribution in [1.82, 2.24) is 9.62 Å². The van der Waals surface area contributed by atoms with Gasteiger partial charge >= 0.3 is 0 Å². The number of hydrogen-bond acceptors (Lipinski definition) is 5. The molecule has 1 amide bonds. The number of halogens is 1. The van der Waals surface area contributed by atoms with Crippen molar-refractivity contribution in [2.75, 3.05) is 33.4 Å². The minimum Gasteiger partial charge on any atom is -0.486 e. The summed E-state index contributed by atoms with van der Waals surface area (Å²) in [5.41, 5.74) is 0.874. The zero-order valence-electron chi connectivity index (χ0n) is 15.4. The molecule has 1 aliphatic heterocycles. The van der Waals surface area contributed by atoms with Gasteiger partial charge in [-0.05, 0) is 36.2 Å². The zero-order chi connectivity index (χ0) is 20.1. The molecule has 7 nitrogen and oxygen atoms in total.